The van der Waals surface area contributed by atoms with Crippen LogP contribution in [0.5, 0.6) is 0 Å². The first-order chi connectivity index (χ1) is 16.5. The molecule has 5 nitrogen and oxygen atoms in total. The van der Waals surface area contributed by atoms with Crippen LogP contribution in [0, 0.1) is 0 Å². The second kappa shape index (κ2) is 10.9. The third kappa shape index (κ3) is 5.53. The van der Waals surface area contributed by atoms with E-state index in [0.29, 0.717) is 18.4 Å². The van der Waals surface area contributed by atoms with Crippen LogP contribution in [0.1, 0.15) is 62.9 Å². The highest BCUT2D eigenvalue weighted by Crippen LogP contribution is 2.33. The largest absolute Gasteiger partial charge is 0.343 e. The number of pyridine rings is 1. The summed E-state index contributed by atoms with van der Waals surface area (Å²) in [6.45, 7) is 12.7. The van der Waals surface area contributed by atoms with Crippen LogP contribution in [0.2, 0.25) is 0 Å². The van der Waals surface area contributed by atoms with Crippen molar-refractivity contribution in [1.82, 2.24) is 9.88 Å². The lowest BCUT2D eigenvalue weighted by atomic mass is 9.85. The quantitative estimate of drug-likeness (QED) is 0.387. The van der Waals surface area contributed by atoms with E-state index in [-0.39, 0.29) is 0 Å². The molecule has 0 saturated carbocycles. The van der Waals surface area contributed by atoms with Gasteiger partial charge in [0, 0.05) is 37.1 Å². The summed E-state index contributed by atoms with van der Waals surface area (Å²) in [7, 11) is 1.79. The first-order valence-corrected chi connectivity index (χ1v) is 12.4. The molecule has 178 valence electrons. The van der Waals surface area contributed by atoms with Crippen molar-refractivity contribution in [3.63, 3.8) is 0 Å². The number of nitrogens with zero attached hydrogens (tertiary/aromatic N) is 4. The van der Waals surface area contributed by atoms with Gasteiger partial charge in [-0.15, -0.1) is 6.58 Å². The molecule has 2 unspecified atom stereocenters. The van der Waals surface area contributed by atoms with Crippen molar-refractivity contribution in [2.75, 3.05) is 25.5 Å². The molecule has 1 aromatic heterocycles. The van der Waals surface area contributed by atoms with Crippen LogP contribution in [0.25, 0.3) is 5.57 Å². The highest BCUT2D eigenvalue weighted by Gasteiger charge is 2.26. The van der Waals surface area contributed by atoms with Crippen LogP contribution < -0.4 is 5.32 Å². The SMILES string of the molecule is C=CCCN1CCC(c2cccc(NC3=Nc4ccc(C(C=NC)=C(C)C)nc4C3)c2)CC1C. The Labute approximate surface area is 204 Å². The number of rotatable bonds is 7. The van der Waals surface area contributed by atoms with Gasteiger partial charge in [-0.3, -0.25) is 9.98 Å². The second-order valence-corrected chi connectivity index (χ2v) is 9.63. The van der Waals surface area contributed by atoms with E-state index in [9.17, 15) is 0 Å². The minimum absolute atomic E-state index is 0.603. The first-order valence-electron chi connectivity index (χ1n) is 12.4. The van der Waals surface area contributed by atoms with E-state index in [4.69, 9.17) is 9.98 Å². The summed E-state index contributed by atoms with van der Waals surface area (Å²) in [6, 6.07) is 13.6. The Balaban J connectivity index is 1.43. The van der Waals surface area contributed by atoms with Crippen LogP contribution >= 0.6 is 0 Å². The van der Waals surface area contributed by atoms with E-state index < -0.39 is 0 Å². The van der Waals surface area contributed by atoms with E-state index in [1.54, 1.807) is 7.05 Å². The molecule has 4 rings (SSSR count). The Hall–Kier alpha value is -3.05. The Bertz CT molecular complexity index is 1120. The molecule has 0 aliphatic carbocycles. The lowest BCUT2D eigenvalue weighted by molar-refractivity contribution is 0.149. The van der Waals surface area contributed by atoms with Crippen LogP contribution in [-0.4, -0.2) is 48.1 Å². The fraction of sp³-hybridized carbons (Fsp3) is 0.414. The van der Waals surface area contributed by atoms with E-state index in [2.05, 4.69) is 72.9 Å². The number of benzene rings is 1. The number of fused-ring (bicyclic) bond motifs is 1. The minimum atomic E-state index is 0.603. The number of amidine groups is 1. The summed E-state index contributed by atoms with van der Waals surface area (Å²) in [6.07, 6.45) is 8.09. The molecule has 0 radical (unpaired) electrons. The van der Waals surface area contributed by atoms with Gasteiger partial charge in [0.2, 0.25) is 0 Å². The molecule has 1 N–H and O–H groups in total. The highest BCUT2D eigenvalue weighted by molar-refractivity contribution is 6.10. The number of hydrogen-bond donors (Lipinski definition) is 1. The molecular weight excluding hydrogens is 418 g/mol. The van der Waals surface area contributed by atoms with Gasteiger partial charge in [0.1, 0.15) is 5.84 Å². The summed E-state index contributed by atoms with van der Waals surface area (Å²) in [5.41, 5.74) is 7.72. The monoisotopic (exact) mass is 455 g/mol. The van der Waals surface area contributed by atoms with Crippen molar-refractivity contribution < 1.29 is 0 Å². The summed E-state index contributed by atoms with van der Waals surface area (Å²) in [5.74, 6) is 1.55. The highest BCUT2D eigenvalue weighted by atomic mass is 15.2. The lowest BCUT2D eigenvalue weighted by Gasteiger charge is -2.38. The number of allylic oxidation sites excluding steroid dienone is 2. The van der Waals surface area contributed by atoms with Gasteiger partial charge in [-0.1, -0.05) is 23.8 Å². The normalized spacial score (nSPS) is 20.2. The Morgan fingerprint density at radius 1 is 1.26 bits per heavy atom. The number of piperidine rings is 1. The average Bonchev–Trinajstić information content (AvgIpc) is 3.23. The molecule has 2 aliphatic heterocycles. The zero-order valence-electron chi connectivity index (χ0n) is 21.0. The molecule has 5 heteroatoms. The van der Waals surface area contributed by atoms with Crippen molar-refractivity contribution >= 4 is 29.0 Å². The van der Waals surface area contributed by atoms with Crippen LogP contribution in [0.15, 0.2) is 64.6 Å². The summed E-state index contributed by atoms with van der Waals surface area (Å²) in [4.78, 5) is 16.5. The van der Waals surface area contributed by atoms with Gasteiger partial charge in [0.25, 0.3) is 0 Å². The molecule has 0 spiro atoms. The summed E-state index contributed by atoms with van der Waals surface area (Å²) in [5, 5.41) is 3.56. The number of hydrogen-bond acceptors (Lipinski definition) is 5. The number of aliphatic imine (C=N–C) groups is 2. The van der Waals surface area contributed by atoms with Crippen LogP contribution in [-0.2, 0) is 6.42 Å². The predicted octanol–water partition coefficient (Wildman–Crippen LogP) is 6.42. The van der Waals surface area contributed by atoms with Crippen molar-refractivity contribution in [3.8, 4) is 0 Å². The topological polar surface area (TPSA) is 52.9 Å². The van der Waals surface area contributed by atoms with Gasteiger partial charge in [-0.05, 0) is 82.3 Å². The van der Waals surface area contributed by atoms with E-state index in [0.717, 1.165) is 53.7 Å². The average molecular weight is 456 g/mol. The molecule has 3 heterocycles. The maximum absolute atomic E-state index is 4.90. The van der Waals surface area contributed by atoms with Crippen molar-refractivity contribution in [3.05, 3.63) is 71.6 Å². The third-order valence-corrected chi connectivity index (χ3v) is 6.89. The van der Waals surface area contributed by atoms with Gasteiger partial charge in [-0.2, -0.15) is 0 Å². The molecule has 0 amide bonds. The maximum atomic E-state index is 4.90. The van der Waals surface area contributed by atoms with Gasteiger partial charge >= 0.3 is 0 Å². The predicted molar refractivity (Wildman–Crippen MR) is 146 cm³/mol. The number of nitrogens with one attached hydrogen (secondary N) is 1. The molecule has 1 saturated heterocycles. The fourth-order valence-corrected chi connectivity index (χ4v) is 5.02. The van der Waals surface area contributed by atoms with Gasteiger partial charge < -0.3 is 10.2 Å². The Kier molecular flexibility index (Phi) is 7.73. The summed E-state index contributed by atoms with van der Waals surface area (Å²) >= 11 is 0. The van der Waals surface area contributed by atoms with Crippen molar-refractivity contribution in [1.29, 1.82) is 0 Å². The second-order valence-electron chi connectivity index (χ2n) is 9.63. The number of anilines is 1. The summed E-state index contributed by atoms with van der Waals surface area (Å²) < 4.78 is 0. The standard InChI is InChI=1S/C29H37N5/c1-6-7-14-34-15-13-23(16-21(34)4)22-9-8-10-24(17-22)31-29-18-28-27(33-29)12-11-26(32-28)25(19-30-5)20(2)3/h6,8-12,17,19,21,23H,1,7,13-16,18H2,2-5H3,(H,31,33). The maximum Gasteiger partial charge on any atom is 0.113 e. The van der Waals surface area contributed by atoms with Gasteiger partial charge in [0.15, 0.2) is 0 Å². The smallest absolute Gasteiger partial charge is 0.113 e. The fourth-order valence-electron chi connectivity index (χ4n) is 5.02. The molecule has 2 atom stereocenters. The van der Waals surface area contributed by atoms with Gasteiger partial charge in [-0.25, -0.2) is 4.99 Å². The molecule has 0 bridgehead atoms. The van der Waals surface area contributed by atoms with Crippen LogP contribution in [0.3, 0.4) is 0 Å². The molecule has 1 fully saturated rings. The molecular formula is C29H37N5. The zero-order chi connectivity index (χ0) is 24.1. The first kappa shape index (κ1) is 24.1. The van der Waals surface area contributed by atoms with Crippen molar-refractivity contribution in [2.24, 2.45) is 9.98 Å². The van der Waals surface area contributed by atoms with Gasteiger partial charge in [0.05, 0.1) is 23.5 Å². The third-order valence-electron chi connectivity index (χ3n) is 6.89. The van der Waals surface area contributed by atoms with Crippen LogP contribution in [0.4, 0.5) is 11.4 Å². The van der Waals surface area contributed by atoms with E-state index in [1.165, 1.54) is 24.0 Å². The number of likely N-dealkylation sites (tertiary alicyclic amines) is 1. The Morgan fingerprint density at radius 3 is 2.85 bits per heavy atom. The van der Waals surface area contributed by atoms with E-state index in [1.807, 2.05) is 18.4 Å². The lowest BCUT2D eigenvalue weighted by Crippen LogP contribution is -2.40. The number of aromatic nitrogens is 1. The molecule has 1 aromatic carbocycles. The van der Waals surface area contributed by atoms with E-state index >= 15 is 0 Å². The minimum Gasteiger partial charge on any atom is -0.343 e. The zero-order valence-corrected chi connectivity index (χ0v) is 21.0. The Morgan fingerprint density at radius 2 is 2.12 bits per heavy atom. The van der Waals surface area contributed by atoms with Crippen molar-refractivity contribution in [2.45, 2.75) is 58.4 Å². The molecule has 2 aromatic rings. The molecule has 34 heavy (non-hydrogen) atoms. The molecule has 2 aliphatic rings.